The third kappa shape index (κ3) is 2.82. The summed E-state index contributed by atoms with van der Waals surface area (Å²) >= 11 is 7.67. The molecule has 0 amide bonds. The molecule has 0 aliphatic heterocycles. The summed E-state index contributed by atoms with van der Waals surface area (Å²) in [6, 6.07) is 1.83. The van der Waals surface area contributed by atoms with Crippen molar-refractivity contribution in [3.63, 3.8) is 0 Å². The van der Waals surface area contributed by atoms with Gasteiger partial charge in [-0.3, -0.25) is 4.40 Å². The number of halogens is 1. The highest BCUT2D eigenvalue weighted by molar-refractivity contribution is 7.99. The molecule has 0 spiro atoms. The van der Waals surface area contributed by atoms with E-state index in [1.165, 1.54) is 11.8 Å². The topological polar surface area (TPSA) is 81.1 Å². The van der Waals surface area contributed by atoms with E-state index in [0.717, 1.165) is 34.4 Å². The van der Waals surface area contributed by atoms with E-state index in [9.17, 15) is 0 Å². The molecule has 22 heavy (non-hydrogen) atoms. The van der Waals surface area contributed by atoms with E-state index < -0.39 is 0 Å². The van der Waals surface area contributed by atoms with Crippen molar-refractivity contribution in [2.75, 3.05) is 17.6 Å². The fourth-order valence-corrected chi connectivity index (χ4v) is 3.11. The molecule has 3 aromatic heterocycles. The summed E-state index contributed by atoms with van der Waals surface area (Å²) < 4.78 is 1.93. The van der Waals surface area contributed by atoms with Crippen LogP contribution in [0.4, 0.5) is 11.8 Å². The van der Waals surface area contributed by atoms with Crippen LogP contribution in [0.15, 0.2) is 40.6 Å². The van der Waals surface area contributed by atoms with Gasteiger partial charge >= 0.3 is 0 Å². The first kappa shape index (κ1) is 14.9. The monoisotopic (exact) mass is 334 g/mol. The molecule has 3 N–H and O–H groups in total. The molecule has 0 aromatic carbocycles. The smallest absolute Gasteiger partial charge is 0.208 e. The minimum atomic E-state index is 0.320. The van der Waals surface area contributed by atoms with Crippen LogP contribution in [-0.4, -0.2) is 25.9 Å². The number of imidazole rings is 1. The predicted octanol–water partition coefficient (Wildman–Crippen LogP) is 3.33. The summed E-state index contributed by atoms with van der Waals surface area (Å²) in [4.78, 5) is 14.6. The molecular formula is C14H15ClN6S. The number of nitrogens with zero attached hydrogens (tertiary/aromatic N) is 4. The maximum atomic E-state index is 6.20. The zero-order valence-electron chi connectivity index (χ0n) is 12.0. The van der Waals surface area contributed by atoms with E-state index in [1.54, 1.807) is 18.6 Å². The summed E-state index contributed by atoms with van der Waals surface area (Å²) in [5, 5.41) is 3.73. The molecular weight excluding hydrogens is 320 g/mol. The van der Waals surface area contributed by atoms with Crippen molar-refractivity contribution in [3.8, 4) is 0 Å². The Morgan fingerprint density at radius 2 is 2.14 bits per heavy atom. The van der Waals surface area contributed by atoms with E-state index in [-0.39, 0.29) is 0 Å². The van der Waals surface area contributed by atoms with Crippen molar-refractivity contribution >= 4 is 40.8 Å². The molecule has 0 atom stereocenters. The first-order valence-corrected chi connectivity index (χ1v) is 8.04. The van der Waals surface area contributed by atoms with Gasteiger partial charge in [0, 0.05) is 36.2 Å². The summed E-state index contributed by atoms with van der Waals surface area (Å²) in [5.74, 6) is 1.10. The van der Waals surface area contributed by atoms with Crippen molar-refractivity contribution in [1.29, 1.82) is 0 Å². The molecule has 3 heterocycles. The Hall–Kier alpha value is -1.99. The molecule has 0 aliphatic carbocycles. The molecule has 8 heteroatoms. The fourth-order valence-electron chi connectivity index (χ4n) is 1.97. The van der Waals surface area contributed by atoms with Gasteiger partial charge in [0.2, 0.25) is 5.95 Å². The van der Waals surface area contributed by atoms with Gasteiger partial charge in [-0.05, 0) is 12.5 Å². The molecule has 0 unspecified atom stereocenters. The van der Waals surface area contributed by atoms with Gasteiger partial charge in [0.15, 0.2) is 5.65 Å². The Morgan fingerprint density at radius 3 is 2.95 bits per heavy atom. The summed E-state index contributed by atoms with van der Waals surface area (Å²) in [5.41, 5.74) is 6.57. The van der Waals surface area contributed by atoms with Gasteiger partial charge in [0.25, 0.3) is 0 Å². The molecule has 0 saturated heterocycles. The quantitative estimate of drug-likeness (QED) is 0.744. The largest absolute Gasteiger partial charge is 0.382 e. The molecule has 3 aromatic rings. The second-order valence-corrected chi connectivity index (χ2v) is 6.07. The van der Waals surface area contributed by atoms with Crippen LogP contribution < -0.4 is 11.1 Å². The number of anilines is 2. The van der Waals surface area contributed by atoms with E-state index >= 15 is 0 Å². The molecule has 114 valence electrons. The van der Waals surface area contributed by atoms with Crippen LogP contribution in [0.3, 0.4) is 0 Å². The van der Waals surface area contributed by atoms with Gasteiger partial charge < -0.3 is 11.1 Å². The predicted molar refractivity (Wildman–Crippen MR) is 89.6 cm³/mol. The van der Waals surface area contributed by atoms with Crippen molar-refractivity contribution in [2.24, 2.45) is 0 Å². The highest BCUT2D eigenvalue weighted by atomic mass is 35.5. The third-order valence-electron chi connectivity index (χ3n) is 3.03. The Balaban J connectivity index is 1.98. The molecule has 3 rings (SSSR count). The van der Waals surface area contributed by atoms with Crippen molar-refractivity contribution in [2.45, 2.75) is 23.1 Å². The van der Waals surface area contributed by atoms with Crippen LogP contribution >= 0.6 is 23.4 Å². The van der Waals surface area contributed by atoms with Crippen molar-refractivity contribution in [3.05, 3.63) is 35.9 Å². The summed E-state index contributed by atoms with van der Waals surface area (Å²) in [7, 11) is 0. The average molecular weight is 335 g/mol. The highest BCUT2D eigenvalue weighted by Gasteiger charge is 2.12. The number of nitrogen functional groups attached to an aromatic ring is 1. The van der Waals surface area contributed by atoms with Gasteiger partial charge in [-0.15, -0.1) is 0 Å². The van der Waals surface area contributed by atoms with Gasteiger partial charge in [-0.1, -0.05) is 30.3 Å². The lowest BCUT2D eigenvalue weighted by molar-refractivity contribution is 0.932. The van der Waals surface area contributed by atoms with Crippen LogP contribution in [0.5, 0.6) is 0 Å². The minimum Gasteiger partial charge on any atom is -0.382 e. The molecule has 0 aliphatic rings. The van der Waals surface area contributed by atoms with E-state index in [2.05, 4.69) is 27.2 Å². The second-order valence-electron chi connectivity index (χ2n) is 4.60. The maximum Gasteiger partial charge on any atom is 0.208 e. The SMILES string of the molecule is CCCNc1ncc(Sc2ccnc(N)c2Cl)c2nccn12. The van der Waals surface area contributed by atoms with Gasteiger partial charge in [-0.2, -0.15) is 0 Å². The highest BCUT2D eigenvalue weighted by Crippen LogP contribution is 2.36. The lowest BCUT2D eigenvalue weighted by atomic mass is 10.5. The maximum absolute atomic E-state index is 6.20. The standard InChI is InChI=1S/C14H15ClN6S/c1-2-4-19-14-20-8-10(13-18-6-7-21(13)14)22-9-3-5-17-12(16)11(9)15/h3,5-8H,2,4H2,1H3,(H2,16,17)(H,19,20). The molecule has 6 nitrogen and oxygen atoms in total. The van der Waals surface area contributed by atoms with E-state index in [0.29, 0.717) is 10.8 Å². The Bertz CT molecular complexity index is 803. The normalized spacial score (nSPS) is 11.0. The number of rotatable bonds is 5. The number of fused-ring (bicyclic) bond motifs is 1. The summed E-state index contributed by atoms with van der Waals surface area (Å²) in [6.45, 7) is 2.97. The Morgan fingerprint density at radius 1 is 1.27 bits per heavy atom. The van der Waals surface area contributed by atoms with Gasteiger partial charge in [-0.25, -0.2) is 15.0 Å². The lowest BCUT2D eigenvalue weighted by Crippen LogP contribution is -2.07. The number of nitrogens with one attached hydrogen (secondary N) is 1. The first-order valence-electron chi connectivity index (χ1n) is 6.84. The first-order chi connectivity index (χ1) is 10.7. The summed E-state index contributed by atoms with van der Waals surface area (Å²) in [6.07, 6.45) is 8.09. The number of hydrogen-bond donors (Lipinski definition) is 2. The van der Waals surface area contributed by atoms with Crippen molar-refractivity contribution < 1.29 is 0 Å². The lowest BCUT2D eigenvalue weighted by Gasteiger charge is -2.10. The minimum absolute atomic E-state index is 0.320. The second kappa shape index (κ2) is 6.41. The average Bonchev–Trinajstić information content (AvgIpc) is 3.01. The number of hydrogen-bond acceptors (Lipinski definition) is 6. The van der Waals surface area contributed by atoms with Gasteiger partial charge in [0.1, 0.15) is 5.82 Å². The van der Waals surface area contributed by atoms with Crippen LogP contribution in [0.25, 0.3) is 5.65 Å². The number of aromatic nitrogens is 4. The molecule has 0 saturated carbocycles. The third-order valence-corrected chi connectivity index (χ3v) is 4.60. The Kier molecular flexibility index (Phi) is 4.35. The number of pyridine rings is 1. The number of nitrogens with two attached hydrogens (primary N) is 1. The molecule has 0 radical (unpaired) electrons. The zero-order valence-corrected chi connectivity index (χ0v) is 13.5. The van der Waals surface area contributed by atoms with Crippen LogP contribution in [0.1, 0.15) is 13.3 Å². The van der Waals surface area contributed by atoms with E-state index in [4.69, 9.17) is 17.3 Å². The van der Waals surface area contributed by atoms with Crippen molar-refractivity contribution in [1.82, 2.24) is 19.4 Å². The fraction of sp³-hybridized carbons (Fsp3) is 0.214. The van der Waals surface area contributed by atoms with E-state index in [1.807, 2.05) is 16.7 Å². The van der Waals surface area contributed by atoms with Gasteiger partial charge in [0.05, 0.1) is 9.92 Å². The van der Waals surface area contributed by atoms with Crippen LogP contribution in [0, 0.1) is 0 Å². The Labute approximate surface area is 137 Å². The molecule has 0 bridgehead atoms. The molecule has 0 fully saturated rings. The zero-order chi connectivity index (χ0) is 15.5. The van der Waals surface area contributed by atoms with Crippen LogP contribution in [0.2, 0.25) is 5.02 Å². The van der Waals surface area contributed by atoms with Crippen LogP contribution in [-0.2, 0) is 0 Å².